The number of nitrogens with zero attached hydrogens (tertiary/aromatic N) is 1. The zero-order chi connectivity index (χ0) is 21.5. The van der Waals surface area contributed by atoms with Gasteiger partial charge in [0.1, 0.15) is 10.1 Å². The van der Waals surface area contributed by atoms with Gasteiger partial charge in [-0.3, -0.25) is 14.5 Å². The summed E-state index contributed by atoms with van der Waals surface area (Å²) in [5, 5.41) is 2.81. The SMILES string of the molecule is C=CCN1C(=O)/C(=C/c2cccc(OCC(=O)Nc3ccc(CC)cc3)c2)SC1=S. The Morgan fingerprint density at radius 3 is 2.73 bits per heavy atom. The van der Waals surface area contributed by atoms with Crippen LogP contribution >= 0.6 is 24.0 Å². The quantitative estimate of drug-likeness (QED) is 0.369. The van der Waals surface area contributed by atoms with Crippen LogP contribution < -0.4 is 10.1 Å². The molecule has 1 heterocycles. The number of hydrogen-bond donors (Lipinski definition) is 1. The summed E-state index contributed by atoms with van der Waals surface area (Å²) in [6, 6.07) is 14.9. The number of hydrogen-bond acceptors (Lipinski definition) is 5. The van der Waals surface area contributed by atoms with Crippen molar-refractivity contribution in [1.82, 2.24) is 4.90 Å². The summed E-state index contributed by atoms with van der Waals surface area (Å²) in [6.45, 7) is 6.01. The lowest BCUT2D eigenvalue weighted by Gasteiger charge is -2.10. The van der Waals surface area contributed by atoms with Crippen LogP contribution in [0, 0.1) is 0 Å². The number of nitrogens with one attached hydrogen (secondary N) is 1. The highest BCUT2D eigenvalue weighted by molar-refractivity contribution is 8.26. The van der Waals surface area contributed by atoms with Crippen LogP contribution in [-0.2, 0) is 16.0 Å². The zero-order valence-corrected chi connectivity index (χ0v) is 18.2. The minimum atomic E-state index is -0.241. The summed E-state index contributed by atoms with van der Waals surface area (Å²) in [5.74, 6) is 0.168. The first-order chi connectivity index (χ1) is 14.5. The third kappa shape index (κ3) is 5.58. The number of carbonyl (C=O) groups is 2. The van der Waals surface area contributed by atoms with E-state index in [2.05, 4.69) is 18.8 Å². The lowest BCUT2D eigenvalue weighted by atomic mass is 10.1. The number of aryl methyl sites for hydroxylation is 1. The lowest BCUT2D eigenvalue weighted by Crippen LogP contribution is -2.27. The van der Waals surface area contributed by atoms with Gasteiger partial charge in [0.05, 0.1) is 4.91 Å². The highest BCUT2D eigenvalue weighted by Crippen LogP contribution is 2.32. The minimum Gasteiger partial charge on any atom is -0.484 e. The monoisotopic (exact) mass is 438 g/mol. The molecule has 0 spiro atoms. The smallest absolute Gasteiger partial charge is 0.266 e. The Kier molecular flexibility index (Phi) is 7.43. The molecular formula is C23H22N2O3S2. The van der Waals surface area contributed by atoms with E-state index in [1.165, 1.54) is 22.2 Å². The molecule has 154 valence electrons. The van der Waals surface area contributed by atoms with Crippen LogP contribution in [0.3, 0.4) is 0 Å². The highest BCUT2D eigenvalue weighted by Gasteiger charge is 2.30. The average Bonchev–Trinajstić information content (AvgIpc) is 3.01. The highest BCUT2D eigenvalue weighted by atomic mass is 32.2. The first kappa shape index (κ1) is 21.8. The van der Waals surface area contributed by atoms with Gasteiger partial charge in [0.25, 0.3) is 11.8 Å². The van der Waals surface area contributed by atoms with Crippen molar-refractivity contribution in [3.05, 3.63) is 77.2 Å². The Bertz CT molecular complexity index is 1000. The molecular weight excluding hydrogens is 416 g/mol. The molecule has 0 aliphatic carbocycles. The molecule has 2 aromatic rings. The van der Waals surface area contributed by atoms with Crippen LogP contribution in [-0.4, -0.2) is 34.2 Å². The van der Waals surface area contributed by atoms with Gasteiger partial charge in [0.2, 0.25) is 0 Å². The molecule has 0 unspecified atom stereocenters. The Hall–Kier alpha value is -2.90. The number of carbonyl (C=O) groups excluding carboxylic acids is 2. The molecule has 30 heavy (non-hydrogen) atoms. The second-order valence-electron chi connectivity index (χ2n) is 6.54. The van der Waals surface area contributed by atoms with E-state index in [0.717, 1.165) is 17.7 Å². The molecule has 1 aliphatic heterocycles. The van der Waals surface area contributed by atoms with Crippen molar-refractivity contribution in [2.24, 2.45) is 0 Å². The van der Waals surface area contributed by atoms with E-state index in [9.17, 15) is 9.59 Å². The van der Waals surface area contributed by atoms with Crippen LogP contribution in [0.2, 0.25) is 0 Å². The van der Waals surface area contributed by atoms with Crippen molar-refractivity contribution in [2.45, 2.75) is 13.3 Å². The van der Waals surface area contributed by atoms with E-state index in [0.29, 0.717) is 21.5 Å². The molecule has 1 fully saturated rings. The third-order valence-corrected chi connectivity index (χ3v) is 5.73. The lowest BCUT2D eigenvalue weighted by molar-refractivity contribution is -0.121. The molecule has 0 atom stereocenters. The molecule has 1 N–H and O–H groups in total. The van der Waals surface area contributed by atoms with Gasteiger partial charge in [-0.15, -0.1) is 6.58 Å². The Morgan fingerprint density at radius 1 is 1.27 bits per heavy atom. The van der Waals surface area contributed by atoms with Gasteiger partial charge in [0, 0.05) is 12.2 Å². The van der Waals surface area contributed by atoms with E-state index in [1.54, 1.807) is 24.3 Å². The maximum absolute atomic E-state index is 12.4. The van der Waals surface area contributed by atoms with Crippen molar-refractivity contribution < 1.29 is 14.3 Å². The van der Waals surface area contributed by atoms with E-state index in [1.807, 2.05) is 36.4 Å². The summed E-state index contributed by atoms with van der Waals surface area (Å²) < 4.78 is 6.13. The summed E-state index contributed by atoms with van der Waals surface area (Å²) >= 11 is 6.51. The van der Waals surface area contributed by atoms with Gasteiger partial charge >= 0.3 is 0 Å². The summed E-state index contributed by atoms with van der Waals surface area (Å²) in [4.78, 5) is 26.7. The first-order valence-electron chi connectivity index (χ1n) is 9.48. The molecule has 3 rings (SSSR count). The van der Waals surface area contributed by atoms with Gasteiger partial charge in [-0.2, -0.15) is 0 Å². The predicted molar refractivity (Wildman–Crippen MR) is 126 cm³/mol. The number of rotatable bonds is 8. The normalized spacial score (nSPS) is 14.8. The number of amides is 2. The molecule has 0 aromatic heterocycles. The molecule has 0 bridgehead atoms. The fourth-order valence-corrected chi connectivity index (χ4v) is 4.08. The molecule has 1 saturated heterocycles. The number of thiocarbonyl (C=S) groups is 1. The van der Waals surface area contributed by atoms with E-state index < -0.39 is 0 Å². The molecule has 2 aromatic carbocycles. The van der Waals surface area contributed by atoms with Gasteiger partial charge in [-0.25, -0.2) is 0 Å². The van der Waals surface area contributed by atoms with E-state index in [4.69, 9.17) is 17.0 Å². The standard InChI is InChI=1S/C23H22N2O3S2/c1-3-12-25-22(27)20(30-23(25)29)14-17-6-5-7-19(13-17)28-15-21(26)24-18-10-8-16(4-2)9-11-18/h3,5-11,13-14H,1,4,12,15H2,2H3,(H,24,26)/b20-14-. The minimum absolute atomic E-state index is 0.111. The van der Waals surface area contributed by atoms with Crippen LogP contribution in [0.4, 0.5) is 5.69 Å². The van der Waals surface area contributed by atoms with Crippen molar-refractivity contribution in [3.8, 4) is 5.75 Å². The Morgan fingerprint density at radius 2 is 2.03 bits per heavy atom. The molecule has 0 radical (unpaired) electrons. The van der Waals surface area contributed by atoms with Crippen molar-refractivity contribution in [2.75, 3.05) is 18.5 Å². The van der Waals surface area contributed by atoms with E-state index in [-0.39, 0.29) is 18.4 Å². The molecule has 1 aliphatic rings. The van der Waals surface area contributed by atoms with Crippen LogP contribution in [0.1, 0.15) is 18.1 Å². The number of thioether (sulfide) groups is 1. The maximum atomic E-state index is 12.4. The fraction of sp³-hybridized carbons (Fsp3) is 0.174. The topological polar surface area (TPSA) is 58.6 Å². The second-order valence-corrected chi connectivity index (χ2v) is 8.22. The van der Waals surface area contributed by atoms with Gasteiger partial charge in [0.15, 0.2) is 6.61 Å². The Balaban J connectivity index is 1.60. The first-order valence-corrected chi connectivity index (χ1v) is 10.7. The summed E-state index contributed by atoms with van der Waals surface area (Å²) in [6.07, 6.45) is 4.36. The van der Waals surface area contributed by atoms with Crippen molar-refractivity contribution >= 4 is 51.9 Å². The van der Waals surface area contributed by atoms with Gasteiger partial charge < -0.3 is 10.1 Å². The van der Waals surface area contributed by atoms with Crippen molar-refractivity contribution in [3.63, 3.8) is 0 Å². The largest absolute Gasteiger partial charge is 0.484 e. The van der Waals surface area contributed by atoms with Crippen LogP contribution in [0.25, 0.3) is 6.08 Å². The number of anilines is 1. The predicted octanol–water partition coefficient (Wildman–Crippen LogP) is 4.65. The van der Waals surface area contributed by atoms with Gasteiger partial charge in [-0.1, -0.05) is 61.2 Å². The average molecular weight is 439 g/mol. The van der Waals surface area contributed by atoms with Crippen LogP contribution in [0.5, 0.6) is 5.75 Å². The fourth-order valence-electron chi connectivity index (χ4n) is 2.80. The summed E-state index contributed by atoms with van der Waals surface area (Å²) in [5.41, 5.74) is 2.74. The number of benzene rings is 2. The second kappa shape index (κ2) is 10.2. The summed E-state index contributed by atoms with van der Waals surface area (Å²) in [7, 11) is 0. The Labute approximate surface area is 185 Å². The molecule has 2 amide bonds. The van der Waals surface area contributed by atoms with Crippen molar-refractivity contribution in [1.29, 1.82) is 0 Å². The molecule has 0 saturated carbocycles. The zero-order valence-electron chi connectivity index (χ0n) is 16.6. The third-order valence-electron chi connectivity index (χ3n) is 4.36. The molecule has 7 heteroatoms. The van der Waals surface area contributed by atoms with Gasteiger partial charge in [-0.05, 0) is 47.9 Å². The maximum Gasteiger partial charge on any atom is 0.266 e. The molecule has 5 nitrogen and oxygen atoms in total. The number of ether oxygens (including phenoxy) is 1. The van der Waals surface area contributed by atoms with Crippen LogP contribution in [0.15, 0.2) is 66.1 Å². The van der Waals surface area contributed by atoms with E-state index >= 15 is 0 Å².